The number of nitrogens with one attached hydrogen (secondary N) is 1. The highest BCUT2D eigenvalue weighted by molar-refractivity contribution is 6.02. The fourth-order valence-corrected chi connectivity index (χ4v) is 1.66. The van der Waals surface area contributed by atoms with Crippen LogP contribution in [-0.2, 0) is 28.8 Å². The summed E-state index contributed by atoms with van der Waals surface area (Å²) in [6, 6.07) is -1.48. The molecule has 4 amide bonds. The van der Waals surface area contributed by atoms with Crippen LogP contribution in [0, 0.1) is 0 Å². The first-order chi connectivity index (χ1) is 10.5. The molecule has 1 aliphatic heterocycles. The summed E-state index contributed by atoms with van der Waals surface area (Å²) >= 11 is 0. The standard InChI is InChI=1S/C13H19N3O7/c1-13(2,3)22-12(21)15-7(6-8(14)17)11(20)23-16-9(18)4-5-10(16)19/h7H,4-6H2,1-3H3,(H2,14,17)(H,15,21)/t7-/m0/s1. The summed E-state index contributed by atoms with van der Waals surface area (Å²) in [5, 5.41) is 2.44. The molecule has 1 rings (SSSR count). The molecule has 0 aromatic heterocycles. The normalized spacial score (nSPS) is 16.0. The molecular formula is C13H19N3O7. The molecule has 10 nitrogen and oxygen atoms in total. The highest BCUT2D eigenvalue weighted by Gasteiger charge is 2.36. The van der Waals surface area contributed by atoms with Crippen molar-refractivity contribution in [1.82, 2.24) is 10.4 Å². The van der Waals surface area contributed by atoms with Gasteiger partial charge in [0.2, 0.25) is 5.91 Å². The van der Waals surface area contributed by atoms with Crippen LogP contribution in [-0.4, -0.2) is 46.5 Å². The SMILES string of the molecule is CC(C)(C)OC(=O)N[C@@H](CC(N)=O)C(=O)ON1C(=O)CCC1=O. The van der Waals surface area contributed by atoms with E-state index < -0.39 is 47.8 Å². The molecule has 0 spiro atoms. The Morgan fingerprint density at radius 1 is 1.22 bits per heavy atom. The molecule has 10 heteroatoms. The van der Waals surface area contributed by atoms with Gasteiger partial charge >= 0.3 is 12.1 Å². The van der Waals surface area contributed by atoms with Gasteiger partial charge in [0, 0.05) is 12.8 Å². The van der Waals surface area contributed by atoms with Crippen LogP contribution in [0.25, 0.3) is 0 Å². The van der Waals surface area contributed by atoms with Crippen molar-refractivity contribution < 1.29 is 33.5 Å². The van der Waals surface area contributed by atoms with Gasteiger partial charge in [-0.15, -0.1) is 5.06 Å². The van der Waals surface area contributed by atoms with Gasteiger partial charge in [0.25, 0.3) is 11.8 Å². The number of hydrogen-bond acceptors (Lipinski definition) is 7. The highest BCUT2D eigenvalue weighted by Crippen LogP contribution is 2.13. The molecule has 1 heterocycles. The third-order valence-electron chi connectivity index (χ3n) is 2.57. The highest BCUT2D eigenvalue weighted by atomic mass is 16.7. The lowest BCUT2D eigenvalue weighted by molar-refractivity contribution is -0.199. The first-order valence-electron chi connectivity index (χ1n) is 6.85. The van der Waals surface area contributed by atoms with E-state index in [2.05, 4.69) is 10.2 Å². The molecule has 0 radical (unpaired) electrons. The zero-order valence-corrected chi connectivity index (χ0v) is 13.1. The molecule has 0 aromatic carbocycles. The van der Waals surface area contributed by atoms with Gasteiger partial charge in [-0.25, -0.2) is 9.59 Å². The Morgan fingerprint density at radius 2 is 1.74 bits per heavy atom. The van der Waals surface area contributed by atoms with Gasteiger partial charge in [0.1, 0.15) is 11.6 Å². The molecule has 0 unspecified atom stereocenters. The number of imide groups is 1. The molecule has 1 atom stereocenters. The van der Waals surface area contributed by atoms with Crippen LogP contribution < -0.4 is 11.1 Å². The largest absolute Gasteiger partial charge is 0.444 e. The number of hydrogen-bond donors (Lipinski definition) is 2. The van der Waals surface area contributed by atoms with E-state index in [1.165, 1.54) is 0 Å². The third kappa shape index (κ3) is 5.93. The summed E-state index contributed by atoms with van der Waals surface area (Å²) in [5.41, 5.74) is 4.18. The Balaban J connectivity index is 2.74. The molecular weight excluding hydrogens is 310 g/mol. The van der Waals surface area contributed by atoms with Crippen molar-refractivity contribution in [3.05, 3.63) is 0 Å². The van der Waals surface area contributed by atoms with E-state index >= 15 is 0 Å². The summed E-state index contributed by atoms with van der Waals surface area (Å²) < 4.78 is 4.95. The van der Waals surface area contributed by atoms with Gasteiger partial charge < -0.3 is 20.6 Å². The maximum Gasteiger partial charge on any atom is 0.408 e. The van der Waals surface area contributed by atoms with E-state index in [1.54, 1.807) is 20.8 Å². The fraction of sp³-hybridized carbons (Fsp3) is 0.615. The van der Waals surface area contributed by atoms with Gasteiger partial charge in [0.15, 0.2) is 0 Å². The lowest BCUT2D eigenvalue weighted by Gasteiger charge is -2.23. The monoisotopic (exact) mass is 329 g/mol. The number of hydroxylamine groups is 2. The Morgan fingerprint density at radius 3 is 2.17 bits per heavy atom. The zero-order chi connectivity index (χ0) is 17.8. The second-order valence-corrected chi connectivity index (χ2v) is 5.86. The van der Waals surface area contributed by atoms with Gasteiger partial charge in [0.05, 0.1) is 6.42 Å². The zero-order valence-electron chi connectivity index (χ0n) is 13.1. The maximum absolute atomic E-state index is 12.0. The number of rotatable bonds is 5. The number of primary amides is 1. The molecule has 1 aliphatic rings. The first-order valence-corrected chi connectivity index (χ1v) is 6.85. The van der Waals surface area contributed by atoms with Gasteiger partial charge in [-0.05, 0) is 20.8 Å². The fourth-order valence-electron chi connectivity index (χ4n) is 1.66. The van der Waals surface area contributed by atoms with E-state index in [1.807, 2.05) is 0 Å². The van der Waals surface area contributed by atoms with E-state index in [0.29, 0.717) is 5.06 Å². The van der Waals surface area contributed by atoms with Gasteiger partial charge in [-0.2, -0.15) is 0 Å². The number of alkyl carbamates (subject to hydrolysis) is 1. The molecule has 0 aromatic rings. The molecule has 0 aliphatic carbocycles. The van der Waals surface area contributed by atoms with E-state index in [-0.39, 0.29) is 12.8 Å². The molecule has 1 saturated heterocycles. The van der Waals surface area contributed by atoms with E-state index in [9.17, 15) is 24.0 Å². The number of nitrogens with zero attached hydrogens (tertiary/aromatic N) is 1. The number of carbonyl (C=O) groups excluding carboxylic acids is 5. The minimum Gasteiger partial charge on any atom is -0.444 e. The molecule has 128 valence electrons. The number of ether oxygens (including phenoxy) is 1. The number of carbonyl (C=O) groups is 5. The Hall–Kier alpha value is -2.65. The summed E-state index contributed by atoms with van der Waals surface area (Å²) in [4.78, 5) is 62.1. The topological polar surface area (TPSA) is 145 Å². The second kappa shape index (κ2) is 7.07. The molecule has 3 N–H and O–H groups in total. The van der Waals surface area contributed by atoms with Crippen molar-refractivity contribution in [3.8, 4) is 0 Å². The van der Waals surface area contributed by atoms with Gasteiger partial charge in [-0.1, -0.05) is 0 Å². The Labute approximate surface area is 132 Å². The van der Waals surface area contributed by atoms with Crippen molar-refractivity contribution in [2.45, 2.75) is 51.7 Å². The minimum absolute atomic E-state index is 0.0773. The van der Waals surface area contributed by atoms with Crippen molar-refractivity contribution in [2.24, 2.45) is 5.73 Å². The quantitative estimate of drug-likeness (QED) is 0.638. The molecule has 1 fully saturated rings. The van der Waals surface area contributed by atoms with Crippen LogP contribution >= 0.6 is 0 Å². The predicted octanol–water partition coefficient (Wildman–Crippen LogP) is -0.638. The summed E-state index contributed by atoms with van der Waals surface area (Å²) in [6.07, 6.45) is -1.70. The van der Waals surface area contributed by atoms with Crippen LogP contribution in [0.1, 0.15) is 40.0 Å². The second-order valence-electron chi connectivity index (χ2n) is 5.86. The molecule has 0 bridgehead atoms. The average molecular weight is 329 g/mol. The summed E-state index contributed by atoms with van der Waals surface area (Å²) in [6.45, 7) is 4.82. The van der Waals surface area contributed by atoms with Crippen LogP contribution in [0.2, 0.25) is 0 Å². The molecule has 23 heavy (non-hydrogen) atoms. The van der Waals surface area contributed by atoms with Gasteiger partial charge in [-0.3, -0.25) is 14.4 Å². The van der Waals surface area contributed by atoms with Crippen LogP contribution in [0.3, 0.4) is 0 Å². The van der Waals surface area contributed by atoms with Crippen LogP contribution in [0.5, 0.6) is 0 Å². The smallest absolute Gasteiger partial charge is 0.408 e. The number of amides is 4. The van der Waals surface area contributed by atoms with Crippen molar-refractivity contribution in [2.75, 3.05) is 0 Å². The number of nitrogens with two attached hydrogens (primary N) is 1. The third-order valence-corrected chi connectivity index (χ3v) is 2.57. The van der Waals surface area contributed by atoms with Crippen LogP contribution in [0.4, 0.5) is 4.79 Å². The Kier molecular flexibility index (Phi) is 5.66. The predicted molar refractivity (Wildman–Crippen MR) is 74.1 cm³/mol. The van der Waals surface area contributed by atoms with E-state index in [4.69, 9.17) is 10.5 Å². The molecule has 0 saturated carbocycles. The summed E-state index contributed by atoms with van der Waals surface area (Å²) in [5.74, 6) is -3.42. The summed E-state index contributed by atoms with van der Waals surface area (Å²) in [7, 11) is 0. The maximum atomic E-state index is 12.0. The van der Waals surface area contributed by atoms with Crippen LogP contribution in [0.15, 0.2) is 0 Å². The van der Waals surface area contributed by atoms with Crippen molar-refractivity contribution in [1.29, 1.82) is 0 Å². The lowest BCUT2D eigenvalue weighted by atomic mass is 10.2. The van der Waals surface area contributed by atoms with Crippen molar-refractivity contribution >= 4 is 29.8 Å². The average Bonchev–Trinajstić information content (AvgIpc) is 2.66. The Bertz CT molecular complexity index is 522. The lowest BCUT2D eigenvalue weighted by Crippen LogP contribution is -2.48. The van der Waals surface area contributed by atoms with Crippen molar-refractivity contribution in [3.63, 3.8) is 0 Å². The minimum atomic E-state index is -1.48. The van der Waals surface area contributed by atoms with E-state index in [0.717, 1.165) is 0 Å². The first kappa shape index (κ1) is 18.4.